The summed E-state index contributed by atoms with van der Waals surface area (Å²) >= 11 is 1.08. The van der Waals surface area contributed by atoms with E-state index in [0.717, 1.165) is 33.3 Å². The first-order valence-corrected chi connectivity index (χ1v) is 9.09. The second-order valence-electron chi connectivity index (χ2n) is 6.76. The molecule has 8 heteroatoms. The summed E-state index contributed by atoms with van der Waals surface area (Å²) in [6.45, 7) is 5.51. The Labute approximate surface area is 158 Å². The van der Waals surface area contributed by atoms with Crippen molar-refractivity contribution >= 4 is 28.6 Å². The van der Waals surface area contributed by atoms with Crippen molar-refractivity contribution in [3.63, 3.8) is 0 Å². The molecule has 0 aliphatic carbocycles. The van der Waals surface area contributed by atoms with Crippen LogP contribution in [-0.4, -0.2) is 17.4 Å². The third kappa shape index (κ3) is 2.62. The van der Waals surface area contributed by atoms with Gasteiger partial charge in [-0.15, -0.1) is 0 Å². The summed E-state index contributed by atoms with van der Waals surface area (Å²) in [5.41, 5.74) is 0.267. The van der Waals surface area contributed by atoms with Gasteiger partial charge in [-0.1, -0.05) is 35.9 Å². The Morgan fingerprint density at radius 2 is 1.74 bits per heavy atom. The molecule has 2 heterocycles. The van der Waals surface area contributed by atoms with E-state index < -0.39 is 17.9 Å². The number of rotatable bonds is 1. The highest BCUT2D eigenvalue weighted by Gasteiger charge is 2.61. The third-order valence-electron chi connectivity index (χ3n) is 4.66. The molecule has 1 N–H and O–H groups in total. The minimum Gasteiger partial charge on any atom is -0.301 e. The first-order chi connectivity index (χ1) is 12.6. The molecule has 2 aliphatic rings. The van der Waals surface area contributed by atoms with Crippen LogP contribution in [0.3, 0.4) is 0 Å². The zero-order valence-electron chi connectivity index (χ0n) is 14.8. The summed E-state index contributed by atoms with van der Waals surface area (Å²) < 4.78 is 42.4. The zero-order chi connectivity index (χ0) is 19.6. The van der Waals surface area contributed by atoms with Gasteiger partial charge in [0.15, 0.2) is 5.17 Å². The molecule has 0 spiro atoms. The lowest BCUT2D eigenvalue weighted by atomic mass is 9.97. The van der Waals surface area contributed by atoms with Gasteiger partial charge in [0.2, 0.25) is 0 Å². The molecule has 2 aromatic rings. The highest BCUT2D eigenvalue weighted by Crippen LogP contribution is 2.49. The number of anilines is 1. The topological polar surface area (TPSA) is 44.7 Å². The number of carbonyl (C=O) groups is 1. The second kappa shape index (κ2) is 5.76. The minimum absolute atomic E-state index is 0.0281. The number of hydrogen-bond acceptors (Lipinski definition) is 3. The molecule has 1 atom stereocenters. The van der Waals surface area contributed by atoms with Crippen LogP contribution in [0.15, 0.2) is 46.3 Å². The summed E-state index contributed by atoms with van der Waals surface area (Å²) in [4.78, 5) is 18.8. The smallest absolute Gasteiger partial charge is 0.301 e. The van der Waals surface area contributed by atoms with Crippen LogP contribution in [-0.2, 0) is 5.66 Å². The number of nitrogens with zero attached hydrogens (tertiary/aromatic N) is 2. The zero-order valence-corrected chi connectivity index (χ0v) is 15.6. The number of hydrogen-bond donors (Lipinski definition) is 1. The largest absolute Gasteiger partial charge is 0.436 e. The first-order valence-electron chi connectivity index (χ1n) is 8.27. The Kier molecular flexibility index (Phi) is 3.82. The van der Waals surface area contributed by atoms with Gasteiger partial charge in [-0.05, 0) is 49.7 Å². The highest BCUT2D eigenvalue weighted by molar-refractivity contribution is 8.15. The van der Waals surface area contributed by atoms with Crippen LogP contribution in [0.25, 0.3) is 0 Å². The van der Waals surface area contributed by atoms with Crippen LogP contribution in [0.5, 0.6) is 0 Å². The Morgan fingerprint density at radius 3 is 2.37 bits per heavy atom. The van der Waals surface area contributed by atoms with E-state index in [4.69, 9.17) is 0 Å². The van der Waals surface area contributed by atoms with E-state index >= 15 is 0 Å². The number of halogens is 3. The van der Waals surface area contributed by atoms with Crippen molar-refractivity contribution in [1.82, 2.24) is 5.32 Å². The summed E-state index contributed by atoms with van der Waals surface area (Å²) in [6.07, 6.45) is -4.79. The number of fused-ring (bicyclic) bond motifs is 3. The van der Waals surface area contributed by atoms with E-state index in [1.807, 2.05) is 26.0 Å². The number of thioether (sulfide) groups is 1. The average Bonchev–Trinajstić information content (AvgIpc) is 2.92. The molecule has 27 heavy (non-hydrogen) atoms. The lowest BCUT2D eigenvalue weighted by molar-refractivity contribution is -0.195. The van der Waals surface area contributed by atoms with Crippen LogP contribution in [0.4, 0.5) is 23.7 Å². The number of amidine groups is 1. The molecule has 0 bridgehead atoms. The quantitative estimate of drug-likeness (QED) is 0.742. The fourth-order valence-electron chi connectivity index (χ4n) is 3.40. The number of amides is 2. The number of alkyl halides is 3. The van der Waals surface area contributed by atoms with E-state index in [0.29, 0.717) is 5.69 Å². The summed E-state index contributed by atoms with van der Waals surface area (Å²) in [7, 11) is 0. The van der Waals surface area contributed by atoms with E-state index in [1.165, 1.54) is 17.0 Å². The second-order valence-corrected chi connectivity index (χ2v) is 7.77. The van der Waals surface area contributed by atoms with Gasteiger partial charge >= 0.3 is 12.2 Å². The molecular formula is C19H16F3N3OS. The highest BCUT2D eigenvalue weighted by atomic mass is 32.2. The van der Waals surface area contributed by atoms with Crippen LogP contribution in [0.2, 0.25) is 0 Å². The SMILES string of the molecule is Cc1ccc([C@]2(C(F)(F)F)N=C3Sc4cc(C)cc(C)c4N3C(=O)N2)cc1. The lowest BCUT2D eigenvalue weighted by Gasteiger charge is -2.39. The van der Waals surface area contributed by atoms with Gasteiger partial charge in [0.1, 0.15) is 0 Å². The van der Waals surface area contributed by atoms with Crippen molar-refractivity contribution in [1.29, 1.82) is 0 Å². The Balaban J connectivity index is 1.91. The minimum atomic E-state index is -4.79. The number of carbonyl (C=O) groups excluding carboxylic acids is 1. The van der Waals surface area contributed by atoms with Gasteiger partial charge < -0.3 is 5.32 Å². The average molecular weight is 391 g/mol. The van der Waals surface area contributed by atoms with Crippen LogP contribution < -0.4 is 10.2 Å². The molecule has 0 radical (unpaired) electrons. The van der Waals surface area contributed by atoms with Crippen LogP contribution in [0, 0.1) is 20.8 Å². The fraction of sp³-hybridized carbons (Fsp3) is 0.263. The molecule has 2 aliphatic heterocycles. The van der Waals surface area contributed by atoms with E-state index in [1.54, 1.807) is 19.1 Å². The molecule has 140 valence electrons. The summed E-state index contributed by atoms with van der Waals surface area (Å²) in [6, 6.07) is 8.76. The van der Waals surface area contributed by atoms with Gasteiger partial charge in [-0.2, -0.15) is 13.2 Å². The molecule has 0 saturated heterocycles. The van der Waals surface area contributed by atoms with Crippen molar-refractivity contribution in [2.24, 2.45) is 4.99 Å². The Bertz CT molecular complexity index is 985. The maximum absolute atomic E-state index is 14.1. The van der Waals surface area contributed by atoms with Crippen LogP contribution >= 0.6 is 11.8 Å². The molecule has 0 aromatic heterocycles. The molecule has 2 amide bonds. The first kappa shape index (κ1) is 17.9. The van der Waals surface area contributed by atoms with Gasteiger partial charge in [-0.3, -0.25) is 0 Å². The molecular weight excluding hydrogens is 375 g/mol. The van der Waals surface area contributed by atoms with Crippen molar-refractivity contribution < 1.29 is 18.0 Å². The van der Waals surface area contributed by atoms with Crippen molar-refractivity contribution in [2.75, 3.05) is 4.90 Å². The fourth-order valence-corrected chi connectivity index (χ4v) is 4.64. The maximum atomic E-state index is 14.1. The van der Waals surface area contributed by atoms with Crippen molar-refractivity contribution in [3.8, 4) is 0 Å². The predicted molar refractivity (Wildman–Crippen MR) is 99.1 cm³/mol. The molecule has 2 aromatic carbocycles. The van der Waals surface area contributed by atoms with E-state index in [9.17, 15) is 18.0 Å². The monoisotopic (exact) mass is 391 g/mol. The Morgan fingerprint density at radius 1 is 1.07 bits per heavy atom. The summed E-state index contributed by atoms with van der Waals surface area (Å²) in [5.74, 6) is 0. The molecule has 0 unspecified atom stereocenters. The normalized spacial score (nSPS) is 21.5. The third-order valence-corrected chi connectivity index (χ3v) is 5.65. The van der Waals surface area contributed by atoms with E-state index in [2.05, 4.69) is 10.3 Å². The lowest BCUT2D eigenvalue weighted by Crippen LogP contribution is -2.62. The molecule has 0 fully saturated rings. The molecule has 4 nitrogen and oxygen atoms in total. The summed E-state index contributed by atoms with van der Waals surface area (Å²) in [5, 5.41) is 2.15. The van der Waals surface area contributed by atoms with Gasteiger partial charge in [0, 0.05) is 10.5 Å². The number of urea groups is 1. The van der Waals surface area contributed by atoms with Gasteiger partial charge in [0.05, 0.1) is 5.69 Å². The molecule has 4 rings (SSSR count). The van der Waals surface area contributed by atoms with Crippen molar-refractivity contribution in [3.05, 3.63) is 58.7 Å². The maximum Gasteiger partial charge on any atom is 0.436 e. The van der Waals surface area contributed by atoms with Gasteiger partial charge in [0.25, 0.3) is 5.66 Å². The Hall–Kier alpha value is -2.48. The van der Waals surface area contributed by atoms with Crippen molar-refractivity contribution in [2.45, 2.75) is 37.5 Å². The number of aliphatic imine (C=N–C) groups is 1. The number of benzene rings is 2. The van der Waals surface area contributed by atoms with E-state index in [-0.39, 0.29) is 10.7 Å². The number of nitrogens with one attached hydrogen (secondary N) is 1. The number of aryl methyl sites for hydroxylation is 3. The molecule has 0 saturated carbocycles. The predicted octanol–water partition coefficient (Wildman–Crippen LogP) is 5.02. The standard InChI is InChI=1S/C19H16F3N3OS/c1-10-4-6-13(7-5-10)18(19(20,21)22)23-16(26)25-15-12(3)8-11(2)9-14(15)27-17(25)24-18/h4-9H,1-3H3,(H,23,26)/t18-/m1/s1. The van der Waals surface area contributed by atoms with Crippen LogP contribution in [0.1, 0.15) is 22.3 Å². The van der Waals surface area contributed by atoms with Gasteiger partial charge in [-0.25, -0.2) is 14.7 Å².